The Hall–Kier alpha value is -1.95. The van der Waals surface area contributed by atoms with Crippen molar-refractivity contribution in [3.63, 3.8) is 0 Å². The lowest BCUT2D eigenvalue weighted by molar-refractivity contribution is 0.0350. The summed E-state index contributed by atoms with van der Waals surface area (Å²) >= 11 is 12.0. The summed E-state index contributed by atoms with van der Waals surface area (Å²) in [5.41, 5.74) is 0.539. The fourth-order valence-electron chi connectivity index (χ4n) is 3.99. The highest BCUT2D eigenvalue weighted by Crippen LogP contribution is 2.46. The van der Waals surface area contributed by atoms with Gasteiger partial charge in [-0.1, -0.05) is 23.2 Å². The lowest BCUT2D eigenvalue weighted by Crippen LogP contribution is -2.40. The number of sulfonamides is 1. The predicted octanol–water partition coefficient (Wildman–Crippen LogP) is 3.64. The number of nitrogens with zero attached hydrogens (tertiary/aromatic N) is 3. The molecule has 1 aliphatic heterocycles. The molecule has 1 aliphatic rings. The molecule has 1 fully saturated rings. The Bertz CT molecular complexity index is 1430. The number of anilines is 1. The Morgan fingerprint density at radius 1 is 1.11 bits per heavy atom. The van der Waals surface area contributed by atoms with Crippen LogP contribution in [0.2, 0.25) is 10.0 Å². The van der Waals surface area contributed by atoms with Crippen LogP contribution < -0.4 is 4.31 Å². The highest BCUT2D eigenvalue weighted by atomic mass is 35.5. The first-order valence-electron chi connectivity index (χ1n) is 10.9. The van der Waals surface area contributed by atoms with Gasteiger partial charge in [0.15, 0.2) is 0 Å². The zero-order chi connectivity index (χ0) is 26.3. The zero-order valence-corrected chi connectivity index (χ0v) is 22.3. The van der Waals surface area contributed by atoms with Gasteiger partial charge in [-0.2, -0.15) is 0 Å². The highest BCUT2D eigenvalue weighted by molar-refractivity contribution is 7.93. The molecule has 0 saturated carbocycles. The van der Waals surface area contributed by atoms with Gasteiger partial charge in [0.05, 0.1) is 35.9 Å². The topological polar surface area (TPSA) is 129 Å². The van der Waals surface area contributed by atoms with E-state index in [0.29, 0.717) is 41.5 Å². The minimum Gasteiger partial charge on any atom is -0.379 e. The maximum absolute atomic E-state index is 13.6. The predicted molar refractivity (Wildman–Crippen MR) is 137 cm³/mol. The van der Waals surface area contributed by atoms with Crippen molar-refractivity contribution in [1.82, 2.24) is 9.47 Å². The van der Waals surface area contributed by atoms with Gasteiger partial charge in [0.25, 0.3) is 10.0 Å². The van der Waals surface area contributed by atoms with Crippen LogP contribution in [0.3, 0.4) is 0 Å². The van der Waals surface area contributed by atoms with Gasteiger partial charge in [0, 0.05) is 34.7 Å². The molecule has 1 saturated heterocycles. The van der Waals surface area contributed by atoms with Gasteiger partial charge in [0.2, 0.25) is 5.91 Å². The Morgan fingerprint density at radius 3 is 2.36 bits per heavy atom. The number of carbonyl (C=O) groups is 1. The van der Waals surface area contributed by atoms with Gasteiger partial charge in [0.1, 0.15) is 5.78 Å². The number of benzene rings is 2. The van der Waals surface area contributed by atoms with Crippen LogP contribution in [0.25, 0.3) is 10.9 Å². The van der Waals surface area contributed by atoms with Crippen molar-refractivity contribution in [3.8, 4) is 0 Å². The average Bonchev–Trinajstić information content (AvgIpc) is 3.22. The van der Waals surface area contributed by atoms with Crippen molar-refractivity contribution >= 4 is 63.3 Å². The fourth-order valence-corrected chi connectivity index (χ4v) is 7.37. The molecule has 1 atom stereocenters. The van der Waals surface area contributed by atoms with Gasteiger partial charge in [-0.3, -0.25) is 23.1 Å². The SMILES string of the molecule is CC(N(c1ccc2c(ccn2C(=O)CN2CCOCC2)c1)S(=O)(=O)c1cc(Cl)cc(Cl)c1)P(=O)(O)O. The molecule has 194 valence electrons. The maximum Gasteiger partial charge on any atom is 0.348 e. The van der Waals surface area contributed by atoms with E-state index in [1.165, 1.54) is 22.8 Å². The number of rotatable bonds is 7. The minimum atomic E-state index is -4.90. The Morgan fingerprint density at radius 2 is 1.75 bits per heavy atom. The Labute approximate surface area is 218 Å². The number of hydrogen-bond acceptors (Lipinski definition) is 6. The van der Waals surface area contributed by atoms with Gasteiger partial charge in [-0.25, -0.2) is 8.42 Å². The number of carbonyl (C=O) groups excluding carboxylic acids is 1. The quantitative estimate of drug-likeness (QED) is 0.408. The third-order valence-corrected chi connectivity index (χ3v) is 9.55. The molecular weight excluding hydrogens is 552 g/mol. The van der Waals surface area contributed by atoms with Crippen LogP contribution in [-0.2, 0) is 19.3 Å². The van der Waals surface area contributed by atoms with E-state index in [0.717, 1.165) is 19.1 Å². The zero-order valence-electron chi connectivity index (χ0n) is 19.1. The van der Waals surface area contributed by atoms with Crippen LogP contribution in [0.5, 0.6) is 0 Å². The van der Waals surface area contributed by atoms with E-state index in [2.05, 4.69) is 0 Å². The molecule has 14 heteroatoms. The number of ether oxygens (including phenoxy) is 1. The Kier molecular flexibility index (Phi) is 7.85. The molecule has 10 nitrogen and oxygen atoms in total. The molecule has 2 aromatic carbocycles. The summed E-state index contributed by atoms with van der Waals surface area (Å²) in [6, 6.07) is 9.70. The lowest BCUT2D eigenvalue weighted by Gasteiger charge is -2.31. The van der Waals surface area contributed by atoms with Crippen molar-refractivity contribution < 1.29 is 32.3 Å². The monoisotopic (exact) mass is 575 g/mol. The summed E-state index contributed by atoms with van der Waals surface area (Å²) in [5, 5.41) is 0.623. The van der Waals surface area contributed by atoms with Gasteiger partial charge in [-0.15, -0.1) is 0 Å². The number of hydrogen-bond donors (Lipinski definition) is 2. The molecular formula is C22H24Cl2N3O7PS. The first kappa shape index (κ1) is 27.1. The number of fused-ring (bicyclic) bond motifs is 1. The standard InChI is InChI=1S/C22H24Cl2N3O7PS/c1-15(35(29,30)31)27(36(32,33)20-12-17(23)11-18(24)13-20)19-2-3-21-16(10-19)4-5-26(21)22(28)14-25-6-8-34-9-7-25/h2-5,10-13,15H,6-9,14H2,1H3,(H2,29,30,31). The summed E-state index contributed by atoms with van der Waals surface area (Å²) in [7, 11) is -9.40. The van der Waals surface area contributed by atoms with Crippen LogP contribution in [0, 0.1) is 0 Å². The molecule has 0 aliphatic carbocycles. The molecule has 4 rings (SSSR count). The second-order valence-electron chi connectivity index (χ2n) is 8.34. The van der Waals surface area contributed by atoms with Crippen molar-refractivity contribution in [2.24, 2.45) is 0 Å². The van der Waals surface area contributed by atoms with Crippen LogP contribution in [0.1, 0.15) is 11.7 Å². The molecule has 0 bridgehead atoms. The molecule has 0 spiro atoms. The van der Waals surface area contributed by atoms with E-state index in [1.807, 2.05) is 4.90 Å². The summed E-state index contributed by atoms with van der Waals surface area (Å²) in [4.78, 5) is 34.3. The molecule has 2 heterocycles. The van der Waals surface area contributed by atoms with E-state index in [1.54, 1.807) is 18.3 Å². The van der Waals surface area contributed by atoms with Gasteiger partial charge >= 0.3 is 7.60 Å². The maximum atomic E-state index is 13.6. The van der Waals surface area contributed by atoms with E-state index in [4.69, 9.17) is 27.9 Å². The molecule has 1 aromatic heterocycles. The van der Waals surface area contributed by atoms with E-state index < -0.39 is 23.4 Å². The second kappa shape index (κ2) is 10.4. The van der Waals surface area contributed by atoms with E-state index in [9.17, 15) is 27.6 Å². The number of aromatic nitrogens is 1. The van der Waals surface area contributed by atoms with Crippen LogP contribution in [0.15, 0.2) is 53.6 Å². The average molecular weight is 576 g/mol. The molecule has 1 unspecified atom stereocenters. The van der Waals surface area contributed by atoms with Gasteiger partial charge in [-0.05, 0) is 49.4 Å². The summed E-state index contributed by atoms with van der Waals surface area (Å²) in [5.74, 6) is -1.90. The first-order valence-corrected chi connectivity index (χ1v) is 14.8. The molecule has 36 heavy (non-hydrogen) atoms. The molecule has 0 amide bonds. The smallest absolute Gasteiger partial charge is 0.348 e. The minimum absolute atomic E-state index is 0.00722. The number of halogens is 2. The third-order valence-electron chi connectivity index (χ3n) is 5.88. The number of morpholine rings is 1. The van der Waals surface area contributed by atoms with Crippen molar-refractivity contribution in [1.29, 1.82) is 0 Å². The molecule has 2 N–H and O–H groups in total. The third kappa shape index (κ3) is 5.64. The summed E-state index contributed by atoms with van der Waals surface area (Å²) in [6.45, 7) is 3.73. The van der Waals surface area contributed by atoms with Crippen molar-refractivity contribution in [2.45, 2.75) is 17.6 Å². The van der Waals surface area contributed by atoms with Gasteiger partial charge < -0.3 is 14.5 Å². The summed E-state index contributed by atoms with van der Waals surface area (Å²) < 4.78 is 46.8. The first-order chi connectivity index (χ1) is 16.9. The fraction of sp³-hybridized carbons (Fsp3) is 0.318. The van der Waals surface area contributed by atoms with Crippen molar-refractivity contribution in [2.75, 3.05) is 37.2 Å². The van der Waals surface area contributed by atoms with E-state index >= 15 is 0 Å². The van der Waals surface area contributed by atoms with Crippen molar-refractivity contribution in [3.05, 3.63) is 58.7 Å². The largest absolute Gasteiger partial charge is 0.379 e. The normalized spacial score (nSPS) is 16.2. The second-order valence-corrected chi connectivity index (χ2v) is 13.0. The lowest BCUT2D eigenvalue weighted by atomic mass is 10.2. The summed E-state index contributed by atoms with van der Waals surface area (Å²) in [6.07, 6.45) is 1.58. The van der Waals surface area contributed by atoms with Crippen LogP contribution >= 0.6 is 30.8 Å². The van der Waals surface area contributed by atoms with E-state index in [-0.39, 0.29) is 33.1 Å². The van der Waals surface area contributed by atoms with Crippen LogP contribution in [-0.4, -0.2) is 72.2 Å². The highest BCUT2D eigenvalue weighted by Gasteiger charge is 2.39. The Balaban J connectivity index is 1.75. The molecule has 3 aromatic rings. The van der Waals surface area contributed by atoms with Crippen LogP contribution in [0.4, 0.5) is 5.69 Å². The molecule has 0 radical (unpaired) electrons.